The number of hydrogen-bond donors (Lipinski definition) is 0. The van der Waals surface area contributed by atoms with Crippen molar-refractivity contribution in [2.24, 2.45) is 0 Å². The fourth-order valence-electron chi connectivity index (χ4n) is 4.00. The van der Waals surface area contributed by atoms with Crippen molar-refractivity contribution in [3.8, 4) is 0 Å². The van der Waals surface area contributed by atoms with Crippen LogP contribution in [0.5, 0.6) is 0 Å². The number of benzene rings is 1. The van der Waals surface area contributed by atoms with Crippen LogP contribution in [0.3, 0.4) is 0 Å². The lowest BCUT2D eigenvalue weighted by atomic mass is 9.80. The molecule has 1 aliphatic carbocycles. The molecule has 1 saturated heterocycles. The first-order chi connectivity index (χ1) is 11.0. The van der Waals surface area contributed by atoms with Crippen molar-refractivity contribution in [1.82, 2.24) is 9.88 Å². The third-order valence-corrected chi connectivity index (χ3v) is 5.61. The van der Waals surface area contributed by atoms with Crippen LogP contribution in [-0.2, 0) is 0 Å². The van der Waals surface area contributed by atoms with E-state index in [1.807, 2.05) is 23.2 Å². The molecule has 0 bridgehead atoms. The molecule has 2 nitrogen and oxygen atoms in total. The van der Waals surface area contributed by atoms with Crippen LogP contribution in [0.25, 0.3) is 10.8 Å². The van der Waals surface area contributed by atoms with E-state index in [0.717, 1.165) is 41.5 Å². The van der Waals surface area contributed by atoms with Crippen LogP contribution in [0.4, 0.5) is 8.78 Å². The van der Waals surface area contributed by atoms with Gasteiger partial charge in [-0.3, -0.25) is 9.88 Å². The lowest BCUT2D eigenvalue weighted by Crippen LogP contribution is -2.60. The average molecular weight is 337 g/mol. The smallest absolute Gasteiger partial charge is 0.272 e. The van der Waals surface area contributed by atoms with Crippen LogP contribution in [0.15, 0.2) is 30.6 Å². The lowest BCUT2D eigenvalue weighted by molar-refractivity contribution is -0.150. The quantitative estimate of drug-likeness (QED) is 0.778. The largest absolute Gasteiger partial charge is 0.288 e. The number of rotatable bonds is 2. The van der Waals surface area contributed by atoms with Gasteiger partial charge in [0.25, 0.3) is 5.92 Å². The van der Waals surface area contributed by atoms with Gasteiger partial charge in [0, 0.05) is 28.8 Å². The minimum atomic E-state index is -2.47. The first-order valence-corrected chi connectivity index (χ1v) is 8.55. The van der Waals surface area contributed by atoms with Crippen molar-refractivity contribution in [3.05, 3.63) is 41.2 Å². The SMILES string of the molecule is FC1(F)CN(C2CCC(c3cc4ccncc4cc3Cl)CC2)C1. The van der Waals surface area contributed by atoms with E-state index in [4.69, 9.17) is 11.6 Å². The molecule has 4 rings (SSSR count). The lowest BCUT2D eigenvalue weighted by Gasteiger charge is -2.46. The first kappa shape index (κ1) is 15.3. The number of nitrogens with zero attached hydrogens (tertiary/aromatic N) is 2. The molecule has 0 amide bonds. The van der Waals surface area contributed by atoms with E-state index in [-0.39, 0.29) is 13.1 Å². The van der Waals surface area contributed by atoms with Crippen molar-refractivity contribution in [2.45, 2.75) is 43.6 Å². The highest BCUT2D eigenvalue weighted by molar-refractivity contribution is 6.32. The van der Waals surface area contributed by atoms with E-state index in [2.05, 4.69) is 11.1 Å². The Kier molecular flexibility index (Phi) is 3.77. The fourth-order valence-corrected chi connectivity index (χ4v) is 4.32. The standard InChI is InChI=1S/C18H19ClF2N2/c19-17-8-14-9-22-6-5-13(14)7-16(17)12-1-3-15(4-2-12)23-10-18(20,21)11-23/h5-9,12,15H,1-4,10-11H2. The summed E-state index contributed by atoms with van der Waals surface area (Å²) in [7, 11) is 0. The van der Waals surface area contributed by atoms with Crippen molar-refractivity contribution in [2.75, 3.05) is 13.1 Å². The zero-order chi connectivity index (χ0) is 16.0. The van der Waals surface area contributed by atoms with E-state index in [0.29, 0.717) is 12.0 Å². The molecule has 1 saturated carbocycles. The molecule has 0 N–H and O–H groups in total. The van der Waals surface area contributed by atoms with Gasteiger partial charge in [0.05, 0.1) is 13.1 Å². The van der Waals surface area contributed by atoms with Crippen LogP contribution >= 0.6 is 11.6 Å². The summed E-state index contributed by atoms with van der Waals surface area (Å²) in [6.07, 6.45) is 7.61. The highest BCUT2D eigenvalue weighted by Gasteiger charge is 2.47. The van der Waals surface area contributed by atoms with E-state index < -0.39 is 5.92 Å². The van der Waals surface area contributed by atoms with Crippen molar-refractivity contribution >= 4 is 22.4 Å². The molecule has 122 valence electrons. The summed E-state index contributed by atoms with van der Waals surface area (Å²) in [5.74, 6) is -2.04. The van der Waals surface area contributed by atoms with Crippen LogP contribution < -0.4 is 0 Å². The Morgan fingerprint density at radius 2 is 1.83 bits per heavy atom. The summed E-state index contributed by atoms with van der Waals surface area (Å²) in [5.41, 5.74) is 1.19. The minimum Gasteiger partial charge on any atom is -0.288 e. The van der Waals surface area contributed by atoms with E-state index >= 15 is 0 Å². The molecule has 2 aliphatic rings. The van der Waals surface area contributed by atoms with Gasteiger partial charge in [-0.05, 0) is 60.7 Å². The van der Waals surface area contributed by atoms with Gasteiger partial charge in [0.2, 0.25) is 0 Å². The van der Waals surface area contributed by atoms with E-state index in [1.165, 1.54) is 5.56 Å². The molecule has 1 aromatic carbocycles. The molecule has 0 radical (unpaired) electrons. The molecule has 1 aromatic heterocycles. The molecule has 0 atom stereocenters. The second kappa shape index (κ2) is 5.67. The van der Waals surface area contributed by atoms with Crippen molar-refractivity contribution < 1.29 is 8.78 Å². The Balaban J connectivity index is 1.47. The Morgan fingerprint density at radius 3 is 2.52 bits per heavy atom. The Bertz CT molecular complexity index is 718. The Hall–Kier alpha value is -1.26. The average Bonchev–Trinajstić information content (AvgIpc) is 2.52. The number of halogens is 3. The van der Waals surface area contributed by atoms with Gasteiger partial charge in [-0.15, -0.1) is 0 Å². The molecular weight excluding hydrogens is 318 g/mol. The summed E-state index contributed by atoms with van der Waals surface area (Å²) >= 11 is 6.47. The van der Waals surface area contributed by atoms with Gasteiger partial charge in [0.1, 0.15) is 0 Å². The summed E-state index contributed by atoms with van der Waals surface area (Å²) in [6, 6.07) is 6.47. The third-order valence-electron chi connectivity index (χ3n) is 5.28. The summed E-state index contributed by atoms with van der Waals surface area (Å²) < 4.78 is 26.0. The molecule has 23 heavy (non-hydrogen) atoms. The molecule has 1 aliphatic heterocycles. The predicted octanol–water partition coefficient (Wildman–Crippen LogP) is 4.87. The van der Waals surface area contributed by atoms with Crippen LogP contribution in [0, 0.1) is 0 Å². The third kappa shape index (κ3) is 2.94. The number of fused-ring (bicyclic) bond motifs is 1. The van der Waals surface area contributed by atoms with Gasteiger partial charge in [0.15, 0.2) is 0 Å². The molecule has 2 fully saturated rings. The van der Waals surface area contributed by atoms with Gasteiger partial charge in [-0.25, -0.2) is 8.78 Å². The maximum atomic E-state index is 13.0. The topological polar surface area (TPSA) is 16.1 Å². The molecule has 0 spiro atoms. The van der Waals surface area contributed by atoms with Crippen molar-refractivity contribution in [3.63, 3.8) is 0 Å². The maximum absolute atomic E-state index is 13.0. The fraction of sp³-hybridized carbons (Fsp3) is 0.500. The number of aromatic nitrogens is 1. The Labute approximate surface area is 139 Å². The molecule has 0 unspecified atom stereocenters. The van der Waals surface area contributed by atoms with E-state index in [9.17, 15) is 8.78 Å². The summed E-state index contributed by atoms with van der Waals surface area (Å²) in [4.78, 5) is 6.06. The van der Waals surface area contributed by atoms with Gasteiger partial charge >= 0.3 is 0 Å². The zero-order valence-electron chi connectivity index (χ0n) is 12.8. The minimum absolute atomic E-state index is 0.0634. The number of pyridine rings is 1. The van der Waals surface area contributed by atoms with Crippen molar-refractivity contribution in [1.29, 1.82) is 0 Å². The van der Waals surface area contributed by atoms with Gasteiger partial charge in [-0.1, -0.05) is 11.6 Å². The number of alkyl halides is 2. The molecular formula is C18H19ClF2N2. The number of hydrogen-bond acceptors (Lipinski definition) is 2. The van der Waals surface area contributed by atoms with Crippen LogP contribution in [0.2, 0.25) is 5.02 Å². The second-order valence-electron chi connectivity index (χ2n) is 6.86. The highest BCUT2D eigenvalue weighted by atomic mass is 35.5. The Morgan fingerprint density at radius 1 is 1.09 bits per heavy atom. The predicted molar refractivity (Wildman–Crippen MR) is 88.3 cm³/mol. The normalized spacial score (nSPS) is 27.8. The van der Waals surface area contributed by atoms with Crippen LogP contribution in [0.1, 0.15) is 37.2 Å². The number of likely N-dealkylation sites (tertiary alicyclic amines) is 1. The zero-order valence-corrected chi connectivity index (χ0v) is 13.6. The maximum Gasteiger partial charge on any atom is 0.272 e. The van der Waals surface area contributed by atoms with Crippen LogP contribution in [-0.4, -0.2) is 34.9 Å². The molecule has 5 heteroatoms. The summed E-state index contributed by atoms with van der Waals surface area (Å²) in [6.45, 7) is -0.127. The first-order valence-electron chi connectivity index (χ1n) is 8.17. The van der Waals surface area contributed by atoms with Gasteiger partial charge in [-0.2, -0.15) is 0 Å². The molecule has 2 aromatic rings. The van der Waals surface area contributed by atoms with Gasteiger partial charge < -0.3 is 0 Å². The second-order valence-corrected chi connectivity index (χ2v) is 7.27. The monoisotopic (exact) mass is 336 g/mol. The summed E-state index contributed by atoms with van der Waals surface area (Å²) in [5, 5.41) is 3.01. The van der Waals surface area contributed by atoms with E-state index in [1.54, 1.807) is 6.20 Å². The highest BCUT2D eigenvalue weighted by Crippen LogP contribution is 2.41. The molecule has 2 heterocycles.